The standard InChI is InChI=1S/C29H47N5O8/c1-8-17(4)23-28(39)33(7)24(16(2)3)29(40)32(6)18(5)25(36)30-12-11-22(35)42-21(14-19-15-41-19)27(38)34-13-9-10-20(34)26(37)31-23/h16-21,23-24H,8-15H2,1-7H3,(H,30,36)(H,31,37)/t17-,18-,19-,20-,21-,23+,24-/m1/s1. The average Bonchev–Trinajstić information content (AvgIpc) is 3.63. The number of hydrogen-bond donors (Lipinski definition) is 2. The second-order valence-corrected chi connectivity index (χ2v) is 12.0. The van der Waals surface area contributed by atoms with Gasteiger partial charge in [-0.25, -0.2) is 0 Å². The number of cyclic esters (lactones) is 1. The summed E-state index contributed by atoms with van der Waals surface area (Å²) in [5.74, 6) is -3.51. The summed E-state index contributed by atoms with van der Waals surface area (Å²) in [5, 5.41) is 5.54. The molecule has 2 N–H and O–H groups in total. The van der Waals surface area contributed by atoms with Crippen LogP contribution in [0.4, 0.5) is 0 Å². The van der Waals surface area contributed by atoms with E-state index in [1.165, 1.54) is 28.8 Å². The normalized spacial score (nSPS) is 31.6. The third kappa shape index (κ3) is 7.78. The molecule has 0 aromatic heterocycles. The van der Waals surface area contributed by atoms with Gasteiger partial charge < -0.3 is 34.8 Å². The largest absolute Gasteiger partial charge is 0.452 e. The number of hydrogen-bond acceptors (Lipinski definition) is 8. The van der Waals surface area contributed by atoms with E-state index in [-0.39, 0.29) is 37.3 Å². The number of fused-ring (bicyclic) bond motifs is 1. The van der Waals surface area contributed by atoms with Crippen LogP contribution in [0.25, 0.3) is 0 Å². The van der Waals surface area contributed by atoms with Crippen LogP contribution in [0.2, 0.25) is 0 Å². The van der Waals surface area contributed by atoms with Crippen LogP contribution < -0.4 is 10.6 Å². The third-order valence-electron chi connectivity index (χ3n) is 8.63. The van der Waals surface area contributed by atoms with Crippen LogP contribution in [0.5, 0.6) is 0 Å². The van der Waals surface area contributed by atoms with Crippen molar-refractivity contribution >= 4 is 35.5 Å². The van der Waals surface area contributed by atoms with Crippen LogP contribution >= 0.6 is 0 Å². The minimum atomic E-state index is -1.14. The van der Waals surface area contributed by atoms with Crippen LogP contribution in [-0.4, -0.2) is 120 Å². The van der Waals surface area contributed by atoms with Gasteiger partial charge in [0.2, 0.25) is 23.6 Å². The van der Waals surface area contributed by atoms with Gasteiger partial charge in [-0.2, -0.15) is 0 Å². The van der Waals surface area contributed by atoms with Crippen molar-refractivity contribution in [3.63, 3.8) is 0 Å². The molecule has 0 aromatic rings. The van der Waals surface area contributed by atoms with Gasteiger partial charge >= 0.3 is 5.97 Å². The van der Waals surface area contributed by atoms with Crippen LogP contribution in [0.1, 0.15) is 66.7 Å². The van der Waals surface area contributed by atoms with Gasteiger partial charge in [0.25, 0.3) is 5.91 Å². The molecule has 3 aliphatic heterocycles. The smallest absolute Gasteiger partial charge is 0.308 e. The van der Waals surface area contributed by atoms with Crippen LogP contribution in [-0.2, 0) is 38.2 Å². The maximum atomic E-state index is 13.9. The molecule has 0 spiro atoms. The molecule has 7 atom stereocenters. The number of esters is 1. The summed E-state index contributed by atoms with van der Waals surface area (Å²) in [4.78, 5) is 84.5. The summed E-state index contributed by atoms with van der Waals surface area (Å²) < 4.78 is 10.8. The minimum Gasteiger partial charge on any atom is -0.452 e. The Morgan fingerprint density at radius 2 is 1.62 bits per heavy atom. The van der Waals surface area contributed by atoms with Gasteiger partial charge in [-0.15, -0.1) is 0 Å². The molecular formula is C29H47N5O8. The minimum absolute atomic E-state index is 0.0534. The van der Waals surface area contributed by atoms with Crippen molar-refractivity contribution in [2.24, 2.45) is 11.8 Å². The number of ether oxygens (including phenoxy) is 2. The third-order valence-corrected chi connectivity index (χ3v) is 8.63. The lowest BCUT2D eigenvalue weighted by atomic mass is 9.94. The first-order valence-electron chi connectivity index (χ1n) is 15.0. The molecule has 3 heterocycles. The quantitative estimate of drug-likeness (QED) is 0.335. The van der Waals surface area contributed by atoms with Gasteiger partial charge in [-0.1, -0.05) is 34.1 Å². The summed E-state index contributed by atoms with van der Waals surface area (Å²) in [6.07, 6.45) is 0.190. The summed E-state index contributed by atoms with van der Waals surface area (Å²) in [5.41, 5.74) is 0. The second-order valence-electron chi connectivity index (χ2n) is 12.0. The molecule has 13 heteroatoms. The number of nitrogens with zero attached hydrogens (tertiary/aromatic N) is 3. The fraction of sp³-hybridized carbons (Fsp3) is 0.793. The van der Waals surface area contributed by atoms with E-state index in [1.807, 2.05) is 27.7 Å². The van der Waals surface area contributed by atoms with Gasteiger partial charge in [0.05, 0.1) is 19.1 Å². The number of carbonyl (C=O) groups is 6. The Balaban J connectivity index is 1.98. The van der Waals surface area contributed by atoms with Crippen molar-refractivity contribution in [1.82, 2.24) is 25.3 Å². The Labute approximate surface area is 248 Å². The SMILES string of the molecule is CC[C@@H](C)[C@@H]1NC(=O)[C@H]2CCCN2C(=O)[C@@H](C[C@@H]2CO2)OC(=O)CCNC(=O)[C@@H](C)N(C)C(=O)[C@@H](C(C)C)N(C)C1=O. The highest BCUT2D eigenvalue weighted by molar-refractivity contribution is 5.96. The van der Waals surface area contributed by atoms with E-state index < -0.39 is 65.8 Å². The Hall–Kier alpha value is -3.22. The van der Waals surface area contributed by atoms with E-state index in [1.54, 1.807) is 6.92 Å². The van der Waals surface area contributed by atoms with Crippen molar-refractivity contribution in [3.05, 3.63) is 0 Å². The molecule has 236 valence electrons. The highest BCUT2D eigenvalue weighted by Gasteiger charge is 2.44. The maximum absolute atomic E-state index is 13.9. The summed E-state index contributed by atoms with van der Waals surface area (Å²) >= 11 is 0. The number of epoxide rings is 1. The monoisotopic (exact) mass is 593 g/mol. The Morgan fingerprint density at radius 1 is 0.952 bits per heavy atom. The lowest BCUT2D eigenvalue weighted by Gasteiger charge is -2.38. The van der Waals surface area contributed by atoms with E-state index in [4.69, 9.17) is 9.47 Å². The molecule has 3 fully saturated rings. The maximum Gasteiger partial charge on any atom is 0.308 e. The van der Waals surface area contributed by atoms with E-state index in [0.717, 1.165) is 0 Å². The van der Waals surface area contributed by atoms with Crippen LogP contribution in [0, 0.1) is 11.8 Å². The molecular weight excluding hydrogens is 546 g/mol. The van der Waals surface area contributed by atoms with E-state index in [2.05, 4.69) is 10.6 Å². The molecule has 3 saturated heterocycles. The van der Waals surface area contributed by atoms with Gasteiger partial charge in [-0.3, -0.25) is 28.8 Å². The Bertz CT molecular complexity index is 1050. The summed E-state index contributed by atoms with van der Waals surface area (Å²) in [6.45, 7) is 9.65. The van der Waals surface area contributed by atoms with Gasteiger partial charge in [0.1, 0.15) is 24.2 Å². The molecule has 3 rings (SSSR count). The van der Waals surface area contributed by atoms with Crippen molar-refractivity contribution in [3.8, 4) is 0 Å². The molecule has 0 aliphatic carbocycles. The van der Waals surface area contributed by atoms with E-state index in [9.17, 15) is 28.8 Å². The first-order chi connectivity index (χ1) is 19.8. The first kappa shape index (κ1) is 33.3. The van der Waals surface area contributed by atoms with E-state index in [0.29, 0.717) is 32.4 Å². The lowest BCUT2D eigenvalue weighted by Crippen LogP contribution is -2.60. The van der Waals surface area contributed by atoms with Crippen LogP contribution in [0.3, 0.4) is 0 Å². The number of rotatable bonds is 5. The molecule has 3 aliphatic rings. The molecule has 0 bridgehead atoms. The van der Waals surface area contributed by atoms with Crippen molar-refractivity contribution in [2.45, 2.75) is 103 Å². The molecule has 0 aromatic carbocycles. The molecule has 5 amide bonds. The fourth-order valence-electron chi connectivity index (χ4n) is 5.55. The van der Waals surface area contributed by atoms with Crippen molar-refractivity contribution in [1.29, 1.82) is 0 Å². The fourth-order valence-corrected chi connectivity index (χ4v) is 5.55. The first-order valence-corrected chi connectivity index (χ1v) is 15.0. The van der Waals surface area contributed by atoms with Gasteiger partial charge in [-0.05, 0) is 31.6 Å². The molecule has 0 saturated carbocycles. The van der Waals surface area contributed by atoms with Crippen LogP contribution in [0.15, 0.2) is 0 Å². The number of nitrogens with one attached hydrogen (secondary N) is 2. The predicted molar refractivity (Wildman–Crippen MR) is 152 cm³/mol. The van der Waals surface area contributed by atoms with Crippen molar-refractivity contribution < 1.29 is 38.2 Å². The van der Waals surface area contributed by atoms with Gasteiger partial charge in [0, 0.05) is 33.6 Å². The second kappa shape index (κ2) is 14.3. The number of amides is 5. The number of carbonyl (C=O) groups excluding carboxylic acids is 6. The van der Waals surface area contributed by atoms with Gasteiger partial charge in [0.15, 0.2) is 6.10 Å². The molecule has 42 heavy (non-hydrogen) atoms. The highest BCUT2D eigenvalue weighted by atomic mass is 16.6. The van der Waals surface area contributed by atoms with E-state index >= 15 is 0 Å². The Kier molecular flexibility index (Phi) is 11.3. The molecule has 0 unspecified atom stereocenters. The number of likely N-dealkylation sites (N-methyl/N-ethyl adjacent to an activating group) is 2. The topological polar surface area (TPSA) is 158 Å². The molecule has 13 nitrogen and oxygen atoms in total. The zero-order chi connectivity index (χ0) is 31.3. The molecule has 0 radical (unpaired) electrons. The Morgan fingerprint density at radius 3 is 2.21 bits per heavy atom. The zero-order valence-electron chi connectivity index (χ0n) is 25.9. The lowest BCUT2D eigenvalue weighted by molar-refractivity contribution is -0.162. The predicted octanol–water partition coefficient (Wildman–Crippen LogP) is 0.0588. The zero-order valence-corrected chi connectivity index (χ0v) is 25.9. The highest BCUT2D eigenvalue weighted by Crippen LogP contribution is 2.25. The summed E-state index contributed by atoms with van der Waals surface area (Å²) in [7, 11) is 3.03. The average molecular weight is 594 g/mol. The summed E-state index contributed by atoms with van der Waals surface area (Å²) in [6, 6.07) is -3.56. The van der Waals surface area contributed by atoms with Crippen molar-refractivity contribution in [2.75, 3.05) is 33.8 Å².